The first kappa shape index (κ1) is 10.2. The van der Waals surface area contributed by atoms with E-state index in [-0.39, 0.29) is 0 Å². The summed E-state index contributed by atoms with van der Waals surface area (Å²) in [5.74, 6) is 1.01. The van der Waals surface area contributed by atoms with Crippen LogP contribution in [0.25, 0.3) is 0 Å². The lowest BCUT2D eigenvalue weighted by atomic mass is 10.1. The Kier molecular flexibility index (Phi) is 2.47. The molecule has 1 saturated heterocycles. The molecule has 0 N–H and O–H groups in total. The van der Waals surface area contributed by atoms with E-state index in [0.29, 0.717) is 6.04 Å². The highest BCUT2D eigenvalue weighted by Crippen LogP contribution is 2.25. The highest BCUT2D eigenvalue weighted by atomic mass is 15.5. The minimum absolute atomic E-state index is 0.414. The van der Waals surface area contributed by atoms with Crippen LogP contribution in [0.15, 0.2) is 24.8 Å². The standard InChI is InChI=1S/C11H14N6/c1-2-9-5-11(13-8-12-9)16-6-10(7-16)17-4-3-14-15-17/h3-5,8,10H,2,6-7H2,1H3. The van der Waals surface area contributed by atoms with Crippen LogP contribution in [0.5, 0.6) is 0 Å². The van der Waals surface area contributed by atoms with Gasteiger partial charge in [-0.2, -0.15) is 0 Å². The number of hydrogen-bond donors (Lipinski definition) is 0. The van der Waals surface area contributed by atoms with E-state index in [0.717, 1.165) is 31.0 Å². The summed E-state index contributed by atoms with van der Waals surface area (Å²) in [4.78, 5) is 10.7. The number of nitrogens with zero attached hydrogens (tertiary/aromatic N) is 6. The lowest BCUT2D eigenvalue weighted by Crippen LogP contribution is -2.48. The molecule has 0 aromatic carbocycles. The van der Waals surface area contributed by atoms with Crippen LogP contribution in [0.2, 0.25) is 0 Å². The van der Waals surface area contributed by atoms with Gasteiger partial charge in [0, 0.05) is 31.0 Å². The van der Waals surface area contributed by atoms with Crippen LogP contribution in [0, 0.1) is 0 Å². The number of anilines is 1. The summed E-state index contributed by atoms with van der Waals surface area (Å²) in [5.41, 5.74) is 1.08. The molecule has 1 aliphatic heterocycles. The first-order valence-corrected chi connectivity index (χ1v) is 5.78. The van der Waals surface area contributed by atoms with Crippen molar-refractivity contribution in [1.29, 1.82) is 0 Å². The van der Waals surface area contributed by atoms with Crippen LogP contribution >= 0.6 is 0 Å². The van der Waals surface area contributed by atoms with E-state index in [2.05, 4.69) is 38.2 Å². The molecule has 6 nitrogen and oxygen atoms in total. The Hall–Kier alpha value is -1.98. The Labute approximate surface area is 99.3 Å². The van der Waals surface area contributed by atoms with Crippen LogP contribution in [0.1, 0.15) is 18.7 Å². The Morgan fingerprint density at radius 3 is 2.94 bits per heavy atom. The summed E-state index contributed by atoms with van der Waals surface area (Å²) in [6, 6.07) is 2.47. The quantitative estimate of drug-likeness (QED) is 0.776. The molecular formula is C11H14N6. The average molecular weight is 230 g/mol. The molecule has 0 unspecified atom stereocenters. The lowest BCUT2D eigenvalue weighted by molar-refractivity contribution is 0.358. The second kappa shape index (κ2) is 4.12. The van der Waals surface area contributed by atoms with Gasteiger partial charge in [0.15, 0.2) is 0 Å². The van der Waals surface area contributed by atoms with Crippen molar-refractivity contribution in [3.63, 3.8) is 0 Å². The fourth-order valence-electron chi connectivity index (χ4n) is 1.97. The summed E-state index contributed by atoms with van der Waals surface area (Å²) in [7, 11) is 0. The largest absolute Gasteiger partial charge is 0.352 e. The maximum atomic E-state index is 4.29. The number of aryl methyl sites for hydroxylation is 1. The summed E-state index contributed by atoms with van der Waals surface area (Å²) < 4.78 is 1.90. The second-order valence-corrected chi connectivity index (χ2v) is 4.16. The molecule has 0 aliphatic carbocycles. The van der Waals surface area contributed by atoms with Crippen molar-refractivity contribution in [2.75, 3.05) is 18.0 Å². The summed E-state index contributed by atoms with van der Waals surface area (Å²) in [6.45, 7) is 3.97. The van der Waals surface area contributed by atoms with Gasteiger partial charge in [-0.15, -0.1) is 5.10 Å². The van der Waals surface area contributed by atoms with Gasteiger partial charge in [0.2, 0.25) is 0 Å². The minimum Gasteiger partial charge on any atom is -0.352 e. The molecule has 17 heavy (non-hydrogen) atoms. The summed E-state index contributed by atoms with van der Waals surface area (Å²) >= 11 is 0. The normalized spacial score (nSPS) is 15.9. The van der Waals surface area contributed by atoms with Crippen LogP contribution in [-0.4, -0.2) is 38.1 Å². The monoisotopic (exact) mass is 230 g/mol. The Morgan fingerprint density at radius 2 is 2.24 bits per heavy atom. The third-order valence-corrected chi connectivity index (χ3v) is 3.07. The average Bonchev–Trinajstić information content (AvgIpc) is 2.81. The SMILES string of the molecule is CCc1cc(N2CC(n3ccnn3)C2)ncn1. The van der Waals surface area contributed by atoms with E-state index in [4.69, 9.17) is 0 Å². The van der Waals surface area contributed by atoms with Gasteiger partial charge in [0.25, 0.3) is 0 Å². The van der Waals surface area contributed by atoms with Crippen molar-refractivity contribution in [3.8, 4) is 0 Å². The van der Waals surface area contributed by atoms with E-state index in [1.54, 1.807) is 12.5 Å². The molecule has 0 saturated carbocycles. The molecule has 0 radical (unpaired) electrons. The van der Waals surface area contributed by atoms with Crippen molar-refractivity contribution < 1.29 is 0 Å². The Bertz CT molecular complexity index is 488. The van der Waals surface area contributed by atoms with Gasteiger partial charge in [-0.25, -0.2) is 14.6 Å². The van der Waals surface area contributed by atoms with E-state index >= 15 is 0 Å². The topological polar surface area (TPSA) is 59.7 Å². The highest BCUT2D eigenvalue weighted by Gasteiger charge is 2.29. The molecule has 3 rings (SSSR count). The molecule has 0 amide bonds. The van der Waals surface area contributed by atoms with Gasteiger partial charge in [-0.05, 0) is 6.42 Å². The minimum atomic E-state index is 0.414. The zero-order valence-electron chi connectivity index (χ0n) is 9.69. The molecule has 0 bridgehead atoms. The smallest absolute Gasteiger partial charge is 0.132 e. The third-order valence-electron chi connectivity index (χ3n) is 3.07. The Morgan fingerprint density at radius 1 is 1.35 bits per heavy atom. The lowest BCUT2D eigenvalue weighted by Gasteiger charge is -2.39. The van der Waals surface area contributed by atoms with Gasteiger partial charge in [0.05, 0.1) is 12.2 Å². The Balaban J connectivity index is 1.68. The summed E-state index contributed by atoms with van der Waals surface area (Å²) in [6.07, 6.45) is 6.19. The summed E-state index contributed by atoms with van der Waals surface area (Å²) in [5, 5.41) is 7.83. The molecule has 3 heterocycles. The van der Waals surface area contributed by atoms with Crippen molar-refractivity contribution in [3.05, 3.63) is 30.5 Å². The van der Waals surface area contributed by atoms with Gasteiger partial charge in [-0.3, -0.25) is 0 Å². The third kappa shape index (κ3) is 1.86. The van der Waals surface area contributed by atoms with Crippen molar-refractivity contribution in [2.24, 2.45) is 0 Å². The fourth-order valence-corrected chi connectivity index (χ4v) is 1.97. The van der Waals surface area contributed by atoms with E-state index in [9.17, 15) is 0 Å². The number of aromatic nitrogens is 5. The predicted octanol–water partition coefficient (Wildman–Crippen LogP) is 0.692. The first-order chi connectivity index (χ1) is 8.36. The van der Waals surface area contributed by atoms with Gasteiger partial charge in [0.1, 0.15) is 12.1 Å². The maximum Gasteiger partial charge on any atom is 0.132 e. The van der Waals surface area contributed by atoms with Crippen LogP contribution in [0.4, 0.5) is 5.82 Å². The van der Waals surface area contributed by atoms with E-state index < -0.39 is 0 Å². The molecule has 0 spiro atoms. The fraction of sp³-hybridized carbons (Fsp3) is 0.455. The molecule has 2 aromatic rings. The molecule has 0 atom stereocenters. The van der Waals surface area contributed by atoms with Crippen LogP contribution in [0.3, 0.4) is 0 Å². The van der Waals surface area contributed by atoms with Crippen molar-refractivity contribution in [1.82, 2.24) is 25.0 Å². The molecule has 1 fully saturated rings. The van der Waals surface area contributed by atoms with E-state index in [1.165, 1.54) is 0 Å². The molecule has 88 valence electrons. The first-order valence-electron chi connectivity index (χ1n) is 5.78. The molecular weight excluding hydrogens is 216 g/mol. The van der Waals surface area contributed by atoms with Gasteiger partial charge < -0.3 is 4.90 Å². The van der Waals surface area contributed by atoms with Crippen molar-refractivity contribution >= 4 is 5.82 Å². The second-order valence-electron chi connectivity index (χ2n) is 4.16. The molecule has 6 heteroatoms. The van der Waals surface area contributed by atoms with Gasteiger partial charge >= 0.3 is 0 Å². The molecule has 1 aliphatic rings. The van der Waals surface area contributed by atoms with E-state index in [1.807, 2.05) is 10.9 Å². The zero-order valence-corrected chi connectivity index (χ0v) is 9.69. The number of hydrogen-bond acceptors (Lipinski definition) is 5. The predicted molar refractivity (Wildman–Crippen MR) is 62.7 cm³/mol. The van der Waals surface area contributed by atoms with Crippen LogP contribution in [-0.2, 0) is 6.42 Å². The molecule has 2 aromatic heterocycles. The zero-order chi connectivity index (χ0) is 11.7. The maximum absolute atomic E-state index is 4.29. The highest BCUT2D eigenvalue weighted by molar-refractivity contribution is 5.42. The number of rotatable bonds is 3. The van der Waals surface area contributed by atoms with Gasteiger partial charge in [-0.1, -0.05) is 12.1 Å². The van der Waals surface area contributed by atoms with Crippen molar-refractivity contribution in [2.45, 2.75) is 19.4 Å². The van der Waals surface area contributed by atoms with Crippen LogP contribution < -0.4 is 4.90 Å².